The van der Waals surface area contributed by atoms with E-state index in [0.29, 0.717) is 6.42 Å². The molecule has 2 aromatic rings. The standard InChI is InChI=1S/C13H16N2O/c1-3-4-13(16)15-11-5-6-12-10(8-11)7-9(2)14-12/h5-8,14H,3-4H2,1-2H3,(H,15,16). The number of aromatic nitrogens is 1. The average molecular weight is 216 g/mol. The summed E-state index contributed by atoms with van der Waals surface area (Å²) < 4.78 is 0. The summed E-state index contributed by atoms with van der Waals surface area (Å²) in [5, 5.41) is 4.02. The van der Waals surface area contributed by atoms with E-state index in [1.165, 1.54) is 0 Å². The SMILES string of the molecule is CCCC(=O)Nc1ccc2[nH]c(C)cc2c1. The molecule has 0 unspecified atom stereocenters. The lowest BCUT2D eigenvalue weighted by Gasteiger charge is -2.03. The summed E-state index contributed by atoms with van der Waals surface area (Å²) >= 11 is 0. The molecule has 0 radical (unpaired) electrons. The summed E-state index contributed by atoms with van der Waals surface area (Å²) in [4.78, 5) is 14.7. The van der Waals surface area contributed by atoms with Crippen LogP contribution in [0.3, 0.4) is 0 Å². The van der Waals surface area contributed by atoms with Gasteiger partial charge in [-0.25, -0.2) is 0 Å². The van der Waals surface area contributed by atoms with Crippen molar-refractivity contribution in [2.24, 2.45) is 0 Å². The van der Waals surface area contributed by atoms with E-state index >= 15 is 0 Å². The molecule has 84 valence electrons. The second-order valence-corrected chi connectivity index (χ2v) is 4.05. The van der Waals surface area contributed by atoms with Gasteiger partial charge in [0.05, 0.1) is 0 Å². The average Bonchev–Trinajstić information content (AvgIpc) is 2.57. The van der Waals surface area contributed by atoms with Gasteiger partial charge in [0.15, 0.2) is 0 Å². The maximum absolute atomic E-state index is 11.4. The van der Waals surface area contributed by atoms with Gasteiger partial charge in [0.25, 0.3) is 0 Å². The number of hydrogen-bond acceptors (Lipinski definition) is 1. The Kier molecular flexibility index (Phi) is 2.95. The van der Waals surface area contributed by atoms with Gasteiger partial charge in [-0.1, -0.05) is 6.92 Å². The van der Waals surface area contributed by atoms with Gasteiger partial charge in [0.1, 0.15) is 0 Å². The number of nitrogens with one attached hydrogen (secondary N) is 2. The molecule has 0 spiro atoms. The van der Waals surface area contributed by atoms with E-state index in [1.807, 2.05) is 32.0 Å². The van der Waals surface area contributed by atoms with E-state index in [2.05, 4.69) is 16.4 Å². The zero-order valence-corrected chi connectivity index (χ0v) is 9.63. The third-order valence-corrected chi connectivity index (χ3v) is 2.52. The molecule has 3 nitrogen and oxygen atoms in total. The molecule has 1 aromatic carbocycles. The Bertz CT molecular complexity index is 514. The quantitative estimate of drug-likeness (QED) is 0.813. The van der Waals surface area contributed by atoms with E-state index in [0.717, 1.165) is 28.7 Å². The monoisotopic (exact) mass is 216 g/mol. The van der Waals surface area contributed by atoms with Crippen molar-refractivity contribution in [1.29, 1.82) is 0 Å². The number of benzene rings is 1. The van der Waals surface area contributed by atoms with E-state index in [4.69, 9.17) is 0 Å². The summed E-state index contributed by atoms with van der Waals surface area (Å²) in [7, 11) is 0. The Labute approximate surface area is 94.9 Å². The molecule has 0 atom stereocenters. The van der Waals surface area contributed by atoms with Crippen LogP contribution < -0.4 is 5.32 Å². The number of amides is 1. The molecule has 0 saturated heterocycles. The van der Waals surface area contributed by atoms with Crippen LogP contribution >= 0.6 is 0 Å². The van der Waals surface area contributed by atoms with Gasteiger partial charge in [-0.3, -0.25) is 4.79 Å². The molecule has 3 heteroatoms. The zero-order valence-electron chi connectivity index (χ0n) is 9.63. The number of aryl methyl sites for hydroxylation is 1. The Morgan fingerprint density at radius 2 is 2.19 bits per heavy atom. The highest BCUT2D eigenvalue weighted by Gasteiger charge is 2.02. The Morgan fingerprint density at radius 3 is 2.94 bits per heavy atom. The fraction of sp³-hybridized carbons (Fsp3) is 0.308. The van der Waals surface area contributed by atoms with Gasteiger partial charge < -0.3 is 10.3 Å². The number of anilines is 1. The van der Waals surface area contributed by atoms with Crippen LogP contribution in [0.5, 0.6) is 0 Å². The number of rotatable bonds is 3. The second kappa shape index (κ2) is 4.39. The number of carbonyl (C=O) groups is 1. The molecule has 2 rings (SSSR count). The van der Waals surface area contributed by atoms with Crippen LogP contribution in [0.4, 0.5) is 5.69 Å². The molecule has 0 aliphatic rings. The molecule has 1 amide bonds. The molecule has 1 heterocycles. The number of hydrogen-bond donors (Lipinski definition) is 2. The van der Waals surface area contributed by atoms with Crippen LogP contribution in [0.2, 0.25) is 0 Å². The number of carbonyl (C=O) groups excluding carboxylic acids is 1. The van der Waals surface area contributed by atoms with Crippen molar-refractivity contribution in [2.75, 3.05) is 5.32 Å². The number of H-pyrrole nitrogens is 1. The molecule has 0 aliphatic heterocycles. The molecule has 0 bridgehead atoms. The van der Waals surface area contributed by atoms with E-state index in [1.54, 1.807) is 0 Å². The lowest BCUT2D eigenvalue weighted by Crippen LogP contribution is -2.10. The second-order valence-electron chi connectivity index (χ2n) is 4.05. The van der Waals surface area contributed by atoms with Gasteiger partial charge in [-0.05, 0) is 37.6 Å². The van der Waals surface area contributed by atoms with Gasteiger partial charge in [0, 0.05) is 28.7 Å². The minimum absolute atomic E-state index is 0.0779. The van der Waals surface area contributed by atoms with Crippen LogP contribution in [0.15, 0.2) is 24.3 Å². The summed E-state index contributed by atoms with van der Waals surface area (Å²) in [6.45, 7) is 4.02. The molecule has 0 fully saturated rings. The van der Waals surface area contributed by atoms with Gasteiger partial charge in [-0.15, -0.1) is 0 Å². The Balaban J connectivity index is 2.22. The van der Waals surface area contributed by atoms with Crippen LogP contribution in [-0.4, -0.2) is 10.9 Å². The highest BCUT2D eigenvalue weighted by atomic mass is 16.1. The molecule has 1 aromatic heterocycles. The lowest BCUT2D eigenvalue weighted by atomic mass is 10.2. The highest BCUT2D eigenvalue weighted by Crippen LogP contribution is 2.19. The molecule has 2 N–H and O–H groups in total. The van der Waals surface area contributed by atoms with Crippen LogP contribution in [-0.2, 0) is 4.79 Å². The number of fused-ring (bicyclic) bond motifs is 1. The van der Waals surface area contributed by atoms with Crippen LogP contribution in [0, 0.1) is 6.92 Å². The first-order valence-corrected chi connectivity index (χ1v) is 5.58. The highest BCUT2D eigenvalue weighted by molar-refractivity contribution is 5.93. The van der Waals surface area contributed by atoms with Crippen molar-refractivity contribution in [3.05, 3.63) is 30.0 Å². The van der Waals surface area contributed by atoms with Crippen LogP contribution in [0.25, 0.3) is 10.9 Å². The summed E-state index contributed by atoms with van der Waals surface area (Å²) in [5.41, 5.74) is 3.10. The summed E-state index contributed by atoms with van der Waals surface area (Å²) in [6.07, 6.45) is 1.45. The summed E-state index contributed by atoms with van der Waals surface area (Å²) in [5.74, 6) is 0.0779. The zero-order chi connectivity index (χ0) is 11.5. The largest absolute Gasteiger partial charge is 0.359 e. The third kappa shape index (κ3) is 2.24. The topological polar surface area (TPSA) is 44.9 Å². The van der Waals surface area contributed by atoms with E-state index < -0.39 is 0 Å². The van der Waals surface area contributed by atoms with Gasteiger partial charge >= 0.3 is 0 Å². The van der Waals surface area contributed by atoms with Crippen molar-refractivity contribution in [3.8, 4) is 0 Å². The third-order valence-electron chi connectivity index (χ3n) is 2.52. The van der Waals surface area contributed by atoms with Crippen molar-refractivity contribution in [1.82, 2.24) is 4.98 Å². The molecular weight excluding hydrogens is 200 g/mol. The smallest absolute Gasteiger partial charge is 0.224 e. The predicted octanol–water partition coefficient (Wildman–Crippen LogP) is 3.21. The first-order chi connectivity index (χ1) is 7.69. The molecule has 0 saturated carbocycles. The minimum atomic E-state index is 0.0779. The minimum Gasteiger partial charge on any atom is -0.359 e. The fourth-order valence-electron chi connectivity index (χ4n) is 1.81. The first kappa shape index (κ1) is 10.7. The van der Waals surface area contributed by atoms with Crippen molar-refractivity contribution < 1.29 is 4.79 Å². The molecule has 16 heavy (non-hydrogen) atoms. The van der Waals surface area contributed by atoms with Crippen molar-refractivity contribution in [2.45, 2.75) is 26.7 Å². The Hall–Kier alpha value is -1.77. The van der Waals surface area contributed by atoms with Crippen molar-refractivity contribution >= 4 is 22.5 Å². The van der Waals surface area contributed by atoms with Crippen molar-refractivity contribution in [3.63, 3.8) is 0 Å². The number of aromatic amines is 1. The van der Waals surface area contributed by atoms with E-state index in [9.17, 15) is 4.79 Å². The van der Waals surface area contributed by atoms with Crippen LogP contribution in [0.1, 0.15) is 25.5 Å². The van der Waals surface area contributed by atoms with Gasteiger partial charge in [-0.2, -0.15) is 0 Å². The predicted molar refractivity (Wildman–Crippen MR) is 66.6 cm³/mol. The maximum Gasteiger partial charge on any atom is 0.224 e. The lowest BCUT2D eigenvalue weighted by molar-refractivity contribution is -0.116. The van der Waals surface area contributed by atoms with Gasteiger partial charge in [0.2, 0.25) is 5.91 Å². The molecule has 0 aliphatic carbocycles. The van der Waals surface area contributed by atoms with E-state index in [-0.39, 0.29) is 5.91 Å². The molecular formula is C13H16N2O. The normalized spacial score (nSPS) is 10.6. The first-order valence-electron chi connectivity index (χ1n) is 5.58. The maximum atomic E-state index is 11.4. The summed E-state index contributed by atoms with van der Waals surface area (Å²) in [6, 6.07) is 7.98. The Morgan fingerprint density at radius 1 is 1.38 bits per heavy atom. The fourth-order valence-corrected chi connectivity index (χ4v) is 1.81.